The Balaban J connectivity index is 1.50. The fourth-order valence-electron chi connectivity index (χ4n) is 5.49. The first-order valence-electron chi connectivity index (χ1n) is 15.1. The Morgan fingerprint density at radius 3 is 2.47 bits per heavy atom. The molecule has 13 nitrogen and oxygen atoms in total. The standard InChI is InChI=1S/C31H45BrN4O9/c1-17(6-9-24-18(2)12-23(20(4)44-24)34-26(38)11-8-19(3)43-21(5)37)7-10-25-29(41)31(16-42-31)14-22(45-25)13-27(39)35-30(33)36-28(40)15-32/h6-8,10-11,18-20,22-25,29,41H,9,12-16H2,1-5H3,(H,34,38)(H3,33,35,36,39,40)/b10-7+,11-8-,17-6+/t18-,19-,20+,22?,23+,24-,25+,29?,31+/m0/s1. The first-order chi connectivity index (χ1) is 21.2. The number of carbonyl (C=O) groups excluding carboxylic acids is 4. The van der Waals surface area contributed by atoms with Gasteiger partial charge < -0.3 is 29.4 Å². The van der Waals surface area contributed by atoms with Gasteiger partial charge in [-0.05, 0) is 45.6 Å². The van der Waals surface area contributed by atoms with Crippen LogP contribution >= 0.6 is 15.9 Å². The van der Waals surface area contributed by atoms with Crippen LogP contribution in [0.3, 0.4) is 0 Å². The molecule has 1 spiro atoms. The van der Waals surface area contributed by atoms with E-state index in [2.05, 4.69) is 44.9 Å². The highest BCUT2D eigenvalue weighted by molar-refractivity contribution is 9.09. The Morgan fingerprint density at radius 1 is 1.13 bits per heavy atom. The maximum atomic E-state index is 12.4. The van der Waals surface area contributed by atoms with Crippen molar-refractivity contribution in [2.75, 3.05) is 11.9 Å². The van der Waals surface area contributed by atoms with Gasteiger partial charge in [0.2, 0.25) is 23.7 Å². The van der Waals surface area contributed by atoms with E-state index in [0.717, 1.165) is 12.0 Å². The summed E-state index contributed by atoms with van der Waals surface area (Å²) in [7, 11) is 0. The number of epoxide rings is 1. The van der Waals surface area contributed by atoms with Gasteiger partial charge >= 0.3 is 5.97 Å². The van der Waals surface area contributed by atoms with Crippen LogP contribution in [0.15, 0.2) is 36.0 Å². The number of amides is 3. The number of aliphatic hydroxyl groups excluding tert-OH is 1. The number of allylic oxidation sites excluding steroid dienone is 2. The van der Waals surface area contributed by atoms with Gasteiger partial charge in [0.1, 0.15) is 23.9 Å². The molecular formula is C31H45BrN4O9. The molecule has 0 aliphatic carbocycles. The topological polar surface area (TPSA) is 189 Å². The molecule has 5 N–H and O–H groups in total. The first-order valence-corrected chi connectivity index (χ1v) is 16.2. The summed E-state index contributed by atoms with van der Waals surface area (Å²) in [5.74, 6) is -1.87. The van der Waals surface area contributed by atoms with Crippen molar-refractivity contribution in [3.05, 3.63) is 36.0 Å². The van der Waals surface area contributed by atoms with Gasteiger partial charge in [0, 0.05) is 19.4 Å². The lowest BCUT2D eigenvalue weighted by molar-refractivity contribution is -0.145. The third-order valence-electron chi connectivity index (χ3n) is 7.99. The Hall–Kier alpha value is -2.91. The van der Waals surface area contributed by atoms with E-state index < -0.39 is 53.8 Å². The zero-order valence-corrected chi connectivity index (χ0v) is 27.9. The molecule has 45 heavy (non-hydrogen) atoms. The Labute approximate surface area is 272 Å². The molecule has 3 fully saturated rings. The summed E-state index contributed by atoms with van der Waals surface area (Å²) in [5.41, 5.74) is 0.176. The fraction of sp³-hybridized carbons (Fsp3) is 0.645. The van der Waals surface area contributed by atoms with E-state index in [4.69, 9.17) is 24.4 Å². The van der Waals surface area contributed by atoms with Crippen LogP contribution in [-0.2, 0) is 38.1 Å². The van der Waals surface area contributed by atoms with E-state index in [9.17, 15) is 24.3 Å². The average Bonchev–Trinajstić information content (AvgIpc) is 3.73. The number of nitrogens with one attached hydrogen (secondary N) is 4. The van der Waals surface area contributed by atoms with Crippen molar-refractivity contribution in [1.29, 1.82) is 5.41 Å². The molecule has 0 aromatic rings. The number of rotatable bonds is 11. The molecule has 250 valence electrons. The maximum Gasteiger partial charge on any atom is 0.303 e. The summed E-state index contributed by atoms with van der Waals surface area (Å²) in [6.45, 7) is 9.33. The van der Waals surface area contributed by atoms with Crippen LogP contribution in [0.25, 0.3) is 0 Å². The number of carbonyl (C=O) groups is 4. The van der Waals surface area contributed by atoms with Crippen molar-refractivity contribution in [2.24, 2.45) is 5.92 Å². The zero-order chi connectivity index (χ0) is 33.3. The summed E-state index contributed by atoms with van der Waals surface area (Å²) >= 11 is 2.98. The number of halogens is 1. The van der Waals surface area contributed by atoms with Crippen LogP contribution in [0.2, 0.25) is 0 Å². The molecule has 0 radical (unpaired) electrons. The van der Waals surface area contributed by atoms with Gasteiger partial charge in [0.15, 0.2) is 0 Å². The van der Waals surface area contributed by atoms with Gasteiger partial charge in [-0.25, -0.2) is 0 Å². The predicted molar refractivity (Wildman–Crippen MR) is 168 cm³/mol. The van der Waals surface area contributed by atoms with Crippen LogP contribution in [0.5, 0.6) is 0 Å². The highest BCUT2D eigenvalue weighted by atomic mass is 79.9. The minimum absolute atomic E-state index is 0.00225. The van der Waals surface area contributed by atoms with Crippen molar-refractivity contribution in [3.8, 4) is 0 Å². The molecule has 0 aromatic carbocycles. The molecular weight excluding hydrogens is 652 g/mol. The zero-order valence-electron chi connectivity index (χ0n) is 26.3. The quantitative estimate of drug-likeness (QED) is 0.0409. The second kappa shape index (κ2) is 16.6. The minimum atomic E-state index is -0.896. The SMILES string of the molecule is CC(=O)O[C@@H](C)/C=C\C(=O)N[C@@H]1C[C@H](C)[C@H](C/C=C(C)/C=C/[C@H]2OC(CC(=O)NC(=N)NC(=O)CBr)C[C@@]3(CO3)C2O)O[C@@H]1C. The van der Waals surface area contributed by atoms with E-state index in [-0.39, 0.29) is 41.8 Å². The van der Waals surface area contributed by atoms with Crippen LogP contribution in [0, 0.1) is 11.3 Å². The Bertz CT molecular complexity index is 1200. The average molecular weight is 698 g/mol. The molecule has 14 heteroatoms. The molecule has 3 amide bonds. The van der Waals surface area contributed by atoms with Crippen molar-refractivity contribution in [3.63, 3.8) is 0 Å². The monoisotopic (exact) mass is 696 g/mol. The Kier molecular flexibility index (Phi) is 13.5. The number of hydrogen-bond donors (Lipinski definition) is 5. The summed E-state index contributed by atoms with van der Waals surface area (Å²) < 4.78 is 22.9. The van der Waals surface area contributed by atoms with Gasteiger partial charge in [-0.1, -0.05) is 46.7 Å². The molecule has 0 aromatic heterocycles. The second-order valence-electron chi connectivity index (χ2n) is 12.0. The summed E-state index contributed by atoms with van der Waals surface area (Å²) in [4.78, 5) is 47.3. The lowest BCUT2D eigenvalue weighted by atomic mass is 9.87. The molecule has 3 heterocycles. The molecule has 2 unspecified atom stereocenters. The van der Waals surface area contributed by atoms with Crippen molar-refractivity contribution >= 4 is 45.6 Å². The van der Waals surface area contributed by atoms with E-state index in [1.54, 1.807) is 13.0 Å². The second-order valence-corrected chi connectivity index (χ2v) is 12.5. The molecule has 3 aliphatic rings. The molecule has 3 saturated heterocycles. The highest BCUT2D eigenvalue weighted by Crippen LogP contribution is 2.43. The number of esters is 1. The predicted octanol–water partition coefficient (Wildman–Crippen LogP) is 1.92. The number of alkyl halides is 1. The van der Waals surface area contributed by atoms with Gasteiger partial charge in [-0.2, -0.15) is 0 Å². The van der Waals surface area contributed by atoms with Crippen molar-refractivity contribution < 1.29 is 43.2 Å². The molecule has 0 saturated carbocycles. The molecule has 3 rings (SSSR count). The first kappa shape index (κ1) is 36.6. The highest BCUT2D eigenvalue weighted by Gasteiger charge is 2.58. The van der Waals surface area contributed by atoms with E-state index in [1.165, 1.54) is 19.1 Å². The third kappa shape index (κ3) is 11.4. The van der Waals surface area contributed by atoms with Gasteiger partial charge in [-0.3, -0.25) is 35.2 Å². The minimum Gasteiger partial charge on any atom is -0.459 e. The summed E-state index contributed by atoms with van der Waals surface area (Å²) in [6, 6.07) is -0.155. The number of guanidine groups is 1. The van der Waals surface area contributed by atoms with Crippen LogP contribution in [0.4, 0.5) is 0 Å². The third-order valence-corrected chi connectivity index (χ3v) is 8.50. The van der Waals surface area contributed by atoms with Crippen LogP contribution < -0.4 is 16.0 Å². The van der Waals surface area contributed by atoms with Crippen LogP contribution in [-0.4, -0.2) is 95.0 Å². The van der Waals surface area contributed by atoms with E-state index in [0.29, 0.717) is 19.4 Å². The number of hydrogen-bond acceptors (Lipinski definition) is 10. The van der Waals surface area contributed by atoms with Crippen molar-refractivity contribution in [2.45, 2.75) is 109 Å². The normalized spacial score (nSPS) is 32.2. The van der Waals surface area contributed by atoms with Crippen LogP contribution in [0.1, 0.15) is 60.3 Å². The molecule has 0 bridgehead atoms. The molecule has 3 aliphatic heterocycles. The van der Waals surface area contributed by atoms with E-state index >= 15 is 0 Å². The van der Waals surface area contributed by atoms with Gasteiger partial charge in [0.05, 0.1) is 42.7 Å². The smallest absolute Gasteiger partial charge is 0.303 e. The fourth-order valence-corrected chi connectivity index (χ4v) is 5.63. The van der Waals surface area contributed by atoms with Gasteiger partial charge in [-0.15, -0.1) is 0 Å². The lowest BCUT2D eigenvalue weighted by Crippen LogP contribution is -2.51. The Morgan fingerprint density at radius 2 is 1.82 bits per heavy atom. The number of aliphatic hydroxyl groups is 1. The maximum absolute atomic E-state index is 12.4. The summed E-state index contributed by atoms with van der Waals surface area (Å²) in [5, 5.41) is 26.2. The summed E-state index contributed by atoms with van der Waals surface area (Å²) in [6.07, 6.45) is 7.38. The lowest BCUT2D eigenvalue weighted by Gasteiger charge is -2.39. The van der Waals surface area contributed by atoms with Crippen molar-refractivity contribution in [1.82, 2.24) is 16.0 Å². The van der Waals surface area contributed by atoms with E-state index in [1.807, 2.05) is 19.9 Å². The largest absolute Gasteiger partial charge is 0.459 e. The van der Waals surface area contributed by atoms with Gasteiger partial charge in [0.25, 0.3) is 0 Å². The number of ether oxygens (including phenoxy) is 4. The molecule has 9 atom stereocenters.